The minimum Gasteiger partial charge on any atom is -0.713 e. The van der Waals surface area contributed by atoms with E-state index in [1.165, 1.54) is 0 Å². The Bertz CT molecular complexity index is 647. The Morgan fingerprint density at radius 2 is 0.824 bits per heavy atom. The van der Waals surface area contributed by atoms with E-state index in [9.17, 15) is 0 Å². The second-order valence-electron chi connectivity index (χ2n) is 11.4. The summed E-state index contributed by atoms with van der Waals surface area (Å²) in [4.78, 5) is 9.80. The van der Waals surface area contributed by atoms with Crippen molar-refractivity contribution in [3.05, 3.63) is 0 Å². The number of hydrogen-bond donors (Lipinski definition) is 0. The maximum atomic E-state index is 6.52. The fraction of sp³-hybridized carbons (Fsp3) is 0.960. The second-order valence-corrected chi connectivity index (χ2v) is 16.8. The molecule has 0 aliphatic carbocycles. The van der Waals surface area contributed by atoms with Crippen LogP contribution < -0.4 is 0 Å². The van der Waals surface area contributed by atoms with Crippen molar-refractivity contribution in [2.75, 3.05) is 0 Å². The Balaban J connectivity index is 7.41. The van der Waals surface area contributed by atoms with E-state index in [1.54, 1.807) is 0 Å². The fourth-order valence-corrected chi connectivity index (χ4v) is 12.8. The van der Waals surface area contributed by atoms with Crippen LogP contribution in [0.4, 0.5) is 0 Å². The highest BCUT2D eigenvalue weighted by Gasteiger charge is 2.37. The van der Waals surface area contributed by atoms with Crippen LogP contribution in [0.3, 0.4) is 0 Å². The molecule has 0 unspecified atom stereocenters. The average molecular weight is 535 g/mol. The van der Waals surface area contributed by atoms with E-state index in [0.29, 0.717) is 48.3 Å². The van der Waals surface area contributed by atoms with Crippen LogP contribution in [0.5, 0.6) is 0 Å². The van der Waals surface area contributed by atoms with Crippen molar-refractivity contribution >= 4 is 32.6 Å². The first-order chi connectivity index (χ1) is 15.4. The highest BCUT2D eigenvalue weighted by atomic mass is 32.7. The van der Waals surface area contributed by atoms with Gasteiger partial charge in [-0.05, 0) is 111 Å². The zero-order valence-electron chi connectivity index (χ0n) is 25.1. The highest BCUT2D eigenvalue weighted by Crippen LogP contribution is 2.56. The zero-order valence-corrected chi connectivity index (χ0v) is 27.7. The summed E-state index contributed by atoms with van der Waals surface area (Å²) in [6, 6.07) is 2.61. The van der Waals surface area contributed by atoms with Gasteiger partial charge in [-0.2, -0.15) is 0 Å². The summed E-state index contributed by atoms with van der Waals surface area (Å²) in [5.74, 6) is 0. The van der Waals surface area contributed by atoms with Crippen molar-refractivity contribution in [2.45, 2.75) is 159 Å². The highest BCUT2D eigenvalue weighted by molar-refractivity contribution is 8.38. The molecule has 0 N–H and O–H groups in total. The van der Waals surface area contributed by atoms with E-state index >= 15 is 0 Å². The Morgan fingerprint density at radius 3 is 1.03 bits per heavy atom. The summed E-state index contributed by atoms with van der Waals surface area (Å²) >= 11 is 6.52. The predicted molar refractivity (Wildman–Crippen MR) is 157 cm³/mol. The molecular formula is C25H56N6P2S. The topological polar surface area (TPSA) is 39.4 Å². The van der Waals surface area contributed by atoms with Gasteiger partial charge in [-0.1, -0.05) is 0 Å². The van der Waals surface area contributed by atoms with E-state index in [4.69, 9.17) is 21.9 Å². The minimum atomic E-state index is -2.41. The molecule has 0 aromatic heterocycles. The molecule has 0 bridgehead atoms. The van der Waals surface area contributed by atoms with Crippen molar-refractivity contribution in [3.63, 3.8) is 0 Å². The molecule has 0 fully saturated rings. The van der Waals surface area contributed by atoms with Crippen molar-refractivity contribution in [1.29, 1.82) is 0 Å². The summed E-state index contributed by atoms with van der Waals surface area (Å²) < 4.78 is 9.87. The normalized spacial score (nSPS) is 13.7. The molecule has 0 amide bonds. The van der Waals surface area contributed by atoms with Crippen molar-refractivity contribution < 1.29 is 4.79 Å². The van der Waals surface area contributed by atoms with E-state index < -0.39 is 14.8 Å². The molecule has 9 heteroatoms. The van der Waals surface area contributed by atoms with Crippen molar-refractivity contribution in [3.8, 4) is 0 Å². The molecule has 0 aliphatic rings. The van der Waals surface area contributed by atoms with E-state index in [2.05, 4.69) is 135 Å². The van der Waals surface area contributed by atoms with Gasteiger partial charge in [0, 0.05) is 54.7 Å². The van der Waals surface area contributed by atoms with Gasteiger partial charge in [0.15, 0.2) is 0 Å². The van der Waals surface area contributed by atoms with E-state index in [0.717, 1.165) is 0 Å². The van der Waals surface area contributed by atoms with Gasteiger partial charge in [-0.25, -0.2) is 9.34 Å². The standard InChI is InChI=1S/C25H56N6P2S/c1-18(2)28(19(3)4)32(29(20(5)6)21(7)8)27-26-17-33(34,30(22(9)10)23(11)12)31(24(13)14)25(15)16/h18-25H,1-16H3. The third kappa shape index (κ3) is 9.02. The molecule has 0 atom stereocenters. The van der Waals surface area contributed by atoms with Gasteiger partial charge < -0.3 is 12.2 Å². The van der Waals surface area contributed by atoms with Gasteiger partial charge in [0.2, 0.25) is 0 Å². The molecule has 0 radical (unpaired) electrons. The van der Waals surface area contributed by atoms with Gasteiger partial charge in [-0.15, -0.1) is 0 Å². The Morgan fingerprint density at radius 1 is 0.559 bits per heavy atom. The van der Waals surface area contributed by atoms with Crippen LogP contribution in [0.25, 0.3) is 0 Å². The molecule has 0 spiro atoms. The lowest BCUT2D eigenvalue weighted by Crippen LogP contribution is -2.44. The molecule has 0 aromatic rings. The first-order valence-electron chi connectivity index (χ1n) is 13.1. The van der Waals surface area contributed by atoms with Crippen LogP contribution in [0.15, 0.2) is 4.88 Å². The molecule has 0 heterocycles. The van der Waals surface area contributed by atoms with Crippen LogP contribution in [-0.4, -0.2) is 77.4 Å². The van der Waals surface area contributed by atoms with Crippen LogP contribution in [-0.2, 0) is 12.2 Å². The molecule has 0 aromatic carbocycles. The monoisotopic (exact) mass is 534 g/mol. The van der Waals surface area contributed by atoms with Crippen LogP contribution >= 0.6 is 14.8 Å². The van der Waals surface area contributed by atoms with Gasteiger partial charge in [0.25, 0.3) is 8.37 Å². The molecule has 34 heavy (non-hydrogen) atoms. The molecule has 0 saturated carbocycles. The smallest absolute Gasteiger partial charge is 0.344 e. The lowest BCUT2D eigenvalue weighted by molar-refractivity contribution is -0.0598. The van der Waals surface area contributed by atoms with E-state index in [-0.39, 0.29) is 0 Å². The van der Waals surface area contributed by atoms with Crippen LogP contribution in [0.2, 0.25) is 0 Å². The molecule has 202 valence electrons. The first kappa shape index (κ1) is 34.3. The molecule has 0 saturated heterocycles. The predicted octanol–water partition coefficient (Wildman–Crippen LogP) is 7.56. The molecule has 0 rings (SSSR count). The largest absolute Gasteiger partial charge is 0.713 e. The maximum absolute atomic E-state index is 6.52. The average Bonchev–Trinajstić information content (AvgIpc) is 2.58. The SMILES string of the molecule is CC(C)N(C(C)C)P(N=[N+]=C=P([S-])(N(C(C)C)C(C)C)N(C(C)C)C(C)C)N(C(C)C)C(C)C. The summed E-state index contributed by atoms with van der Waals surface area (Å²) in [5, 5.41) is 0. The number of hydrogen-bond acceptors (Lipinski definition) is 6. The summed E-state index contributed by atoms with van der Waals surface area (Å²) in [6.45, 7) is 35.8. The zero-order chi connectivity index (χ0) is 27.1. The lowest BCUT2D eigenvalue weighted by atomic mass is 10.3. The quantitative estimate of drug-likeness (QED) is 0.0801. The maximum Gasteiger partial charge on any atom is 0.344 e. The Kier molecular flexibility index (Phi) is 15.1. The second kappa shape index (κ2) is 14.9. The fourth-order valence-electron chi connectivity index (χ4n) is 5.02. The Labute approximate surface area is 219 Å². The van der Waals surface area contributed by atoms with Gasteiger partial charge in [0.1, 0.15) is 9.67 Å². The lowest BCUT2D eigenvalue weighted by Gasteiger charge is -2.53. The third-order valence-corrected chi connectivity index (χ3v) is 13.3. The van der Waals surface area contributed by atoms with Crippen LogP contribution in [0.1, 0.15) is 111 Å². The van der Waals surface area contributed by atoms with Gasteiger partial charge in [-0.3, -0.25) is 9.34 Å². The molecule has 0 aliphatic heterocycles. The first-order valence-corrected chi connectivity index (χ1v) is 17.0. The molecule has 6 nitrogen and oxygen atoms in total. The Hall–Kier alpha value is 0.340. The third-order valence-electron chi connectivity index (χ3n) is 5.57. The summed E-state index contributed by atoms with van der Waals surface area (Å²) in [5.41, 5.74) is 3.52. The van der Waals surface area contributed by atoms with Crippen molar-refractivity contribution in [2.24, 2.45) is 4.88 Å². The summed E-state index contributed by atoms with van der Waals surface area (Å²) in [7, 11) is -1.00. The van der Waals surface area contributed by atoms with Gasteiger partial charge >= 0.3 is 5.59 Å². The molecular weight excluding hydrogens is 478 g/mol. The van der Waals surface area contributed by atoms with Crippen LogP contribution in [0, 0.1) is 0 Å². The van der Waals surface area contributed by atoms with Gasteiger partial charge in [0.05, 0.1) is 0 Å². The minimum absolute atomic E-state index is 0.292. The van der Waals surface area contributed by atoms with Crippen molar-refractivity contribution in [1.82, 2.24) is 18.7 Å². The number of nitrogens with zero attached hydrogens (tertiary/aromatic N) is 6. The number of rotatable bonds is 13. The van der Waals surface area contributed by atoms with E-state index in [1.807, 2.05) is 0 Å². The summed E-state index contributed by atoms with van der Waals surface area (Å²) in [6.07, 6.45) is -2.41.